The molecule has 7 rings (SSSR count). The van der Waals surface area contributed by atoms with Crippen LogP contribution < -0.4 is 5.63 Å². The Bertz CT molecular complexity index is 979. The van der Waals surface area contributed by atoms with E-state index in [1.54, 1.807) is 12.3 Å². The van der Waals surface area contributed by atoms with Gasteiger partial charge in [0.15, 0.2) is 0 Å². The fraction of sp³-hybridized carbons (Fsp3) is 0.833. The van der Waals surface area contributed by atoms with E-state index in [4.69, 9.17) is 9.15 Å². The maximum Gasteiger partial charge on any atom is 0.335 e. The molecule has 4 aliphatic carbocycles. The Morgan fingerprint density at radius 1 is 1.00 bits per heavy atom. The van der Waals surface area contributed by atoms with Crippen LogP contribution in [0.4, 0.5) is 0 Å². The van der Waals surface area contributed by atoms with Gasteiger partial charge in [0.25, 0.3) is 0 Å². The molecule has 4 heteroatoms. The second-order valence-corrected chi connectivity index (χ2v) is 13.5. The van der Waals surface area contributed by atoms with Crippen LogP contribution in [-0.2, 0) is 4.74 Å². The molecular weight excluding hydrogens is 422 g/mol. The van der Waals surface area contributed by atoms with Crippen molar-refractivity contribution in [3.63, 3.8) is 0 Å². The quantitative estimate of drug-likeness (QED) is 0.512. The Morgan fingerprint density at radius 3 is 2.65 bits per heavy atom. The van der Waals surface area contributed by atoms with Gasteiger partial charge in [-0.2, -0.15) is 0 Å². The molecule has 0 radical (unpaired) electrons. The molecule has 2 aliphatic heterocycles. The first-order chi connectivity index (χ1) is 16.4. The van der Waals surface area contributed by atoms with Gasteiger partial charge < -0.3 is 14.1 Å². The van der Waals surface area contributed by atoms with Gasteiger partial charge in [-0.25, -0.2) is 4.79 Å². The average molecular weight is 466 g/mol. The van der Waals surface area contributed by atoms with Gasteiger partial charge in [0, 0.05) is 11.5 Å². The molecule has 6 aliphatic rings. The summed E-state index contributed by atoms with van der Waals surface area (Å²) in [7, 11) is 0. The summed E-state index contributed by atoms with van der Waals surface area (Å²) >= 11 is 0. The molecule has 186 valence electrons. The van der Waals surface area contributed by atoms with Crippen molar-refractivity contribution < 1.29 is 9.15 Å². The number of likely N-dealkylation sites (tertiary alicyclic amines) is 1. The summed E-state index contributed by atoms with van der Waals surface area (Å²) in [6.07, 6.45) is 17.3. The standard InChI is InChI=1S/C30H43NO3/c1-28-12-9-20(11-16-31-14-3-4-15-31)17-22(28)6-7-24-23(28)10-13-29(2)25(18-26-30(24,29)34-26)21-5-8-27(32)33-19-21/h5,8,19-20,22-26H,3-4,6-7,9-18H2,1-2H3/t20-,22-,23+,24-,25-,26-,28+,29-,30-/m1/s1. The van der Waals surface area contributed by atoms with E-state index in [9.17, 15) is 4.79 Å². The summed E-state index contributed by atoms with van der Waals surface area (Å²) < 4.78 is 12.0. The van der Waals surface area contributed by atoms with Crippen LogP contribution in [0.15, 0.2) is 27.6 Å². The van der Waals surface area contributed by atoms with Crippen molar-refractivity contribution in [3.05, 3.63) is 34.4 Å². The minimum absolute atomic E-state index is 0.0807. The highest BCUT2D eigenvalue weighted by molar-refractivity contribution is 5.35. The third-order valence-corrected chi connectivity index (χ3v) is 12.4. The van der Waals surface area contributed by atoms with Crippen LogP contribution in [0.25, 0.3) is 0 Å². The largest absolute Gasteiger partial charge is 0.431 e. The Labute approximate surface area is 204 Å². The van der Waals surface area contributed by atoms with Crippen molar-refractivity contribution in [3.8, 4) is 0 Å². The Kier molecular flexibility index (Phi) is 4.99. The Hall–Kier alpha value is -1.13. The first-order valence-corrected chi connectivity index (χ1v) is 14.4. The number of hydrogen-bond donors (Lipinski definition) is 0. The molecule has 0 aromatic carbocycles. The second kappa shape index (κ2) is 7.68. The topological polar surface area (TPSA) is 46.0 Å². The smallest absolute Gasteiger partial charge is 0.335 e. The SMILES string of the molecule is C[C@]12CC[C@H](CCN3CCCC3)C[C@H]1CC[C@@H]1[C@@H]2CC[C@]2(C)[C@@H](c3ccc(=O)oc3)C[C@H]3O[C@]132. The van der Waals surface area contributed by atoms with Crippen LogP contribution in [0.2, 0.25) is 0 Å². The second-order valence-electron chi connectivity index (χ2n) is 13.5. The van der Waals surface area contributed by atoms with E-state index in [1.165, 1.54) is 89.4 Å². The van der Waals surface area contributed by atoms with Gasteiger partial charge >= 0.3 is 5.63 Å². The highest BCUT2D eigenvalue weighted by atomic mass is 16.6. The van der Waals surface area contributed by atoms with E-state index in [2.05, 4.69) is 18.7 Å². The zero-order chi connectivity index (χ0) is 23.1. The van der Waals surface area contributed by atoms with Crippen molar-refractivity contribution in [1.29, 1.82) is 0 Å². The molecule has 1 aromatic rings. The van der Waals surface area contributed by atoms with Gasteiger partial charge in [-0.3, -0.25) is 0 Å². The third kappa shape index (κ3) is 3.00. The molecule has 1 aromatic heterocycles. The summed E-state index contributed by atoms with van der Waals surface area (Å²) in [4.78, 5) is 14.3. The molecule has 34 heavy (non-hydrogen) atoms. The minimum atomic E-state index is -0.242. The molecule has 6 fully saturated rings. The fourth-order valence-corrected chi connectivity index (χ4v) is 10.5. The van der Waals surface area contributed by atoms with Gasteiger partial charge in [-0.15, -0.1) is 0 Å². The monoisotopic (exact) mass is 465 g/mol. The zero-order valence-electron chi connectivity index (χ0n) is 21.3. The molecule has 4 nitrogen and oxygen atoms in total. The summed E-state index contributed by atoms with van der Waals surface area (Å²) in [6.45, 7) is 9.22. The number of ether oxygens (including phenoxy) is 1. The number of fused-ring (bicyclic) bond motifs is 3. The predicted molar refractivity (Wildman–Crippen MR) is 133 cm³/mol. The Balaban J connectivity index is 1.09. The van der Waals surface area contributed by atoms with Crippen LogP contribution >= 0.6 is 0 Å². The van der Waals surface area contributed by atoms with Gasteiger partial charge in [-0.05, 0) is 137 Å². The third-order valence-electron chi connectivity index (χ3n) is 12.4. The van der Waals surface area contributed by atoms with Crippen molar-refractivity contribution >= 4 is 0 Å². The van der Waals surface area contributed by atoms with Crippen molar-refractivity contribution in [2.75, 3.05) is 19.6 Å². The normalized spacial score (nSPS) is 49.7. The van der Waals surface area contributed by atoms with Crippen LogP contribution in [-0.4, -0.2) is 36.2 Å². The molecular formula is C30H43NO3. The van der Waals surface area contributed by atoms with E-state index in [-0.39, 0.29) is 16.6 Å². The number of nitrogens with zero attached hydrogens (tertiary/aromatic N) is 1. The van der Waals surface area contributed by atoms with Crippen molar-refractivity contribution in [1.82, 2.24) is 4.90 Å². The predicted octanol–water partition coefficient (Wildman–Crippen LogP) is 6.00. The lowest BCUT2D eigenvalue weighted by Gasteiger charge is -2.61. The molecule has 4 saturated carbocycles. The maximum atomic E-state index is 11.6. The number of rotatable bonds is 4. The molecule has 0 amide bonds. The molecule has 9 atom stereocenters. The van der Waals surface area contributed by atoms with Crippen LogP contribution in [0, 0.1) is 34.5 Å². The molecule has 0 N–H and O–H groups in total. The molecule has 3 heterocycles. The van der Waals surface area contributed by atoms with E-state index < -0.39 is 0 Å². The minimum Gasteiger partial charge on any atom is -0.431 e. The van der Waals surface area contributed by atoms with E-state index in [1.807, 2.05) is 6.07 Å². The summed E-state index contributed by atoms with van der Waals surface area (Å²) in [5.74, 6) is 3.89. The molecule has 1 spiro atoms. The lowest BCUT2D eigenvalue weighted by atomic mass is 9.43. The molecule has 2 saturated heterocycles. The van der Waals surface area contributed by atoms with Crippen molar-refractivity contribution in [2.45, 2.75) is 102 Å². The summed E-state index contributed by atoms with van der Waals surface area (Å²) in [5, 5.41) is 0. The highest BCUT2D eigenvalue weighted by Gasteiger charge is 2.80. The highest BCUT2D eigenvalue weighted by Crippen LogP contribution is 2.78. The average Bonchev–Trinajstić information content (AvgIpc) is 3.19. The van der Waals surface area contributed by atoms with Gasteiger partial charge in [0.05, 0.1) is 12.4 Å². The van der Waals surface area contributed by atoms with Gasteiger partial charge in [0.1, 0.15) is 5.60 Å². The Morgan fingerprint density at radius 2 is 1.85 bits per heavy atom. The summed E-state index contributed by atoms with van der Waals surface area (Å²) in [5.41, 5.74) is 1.74. The lowest BCUT2D eigenvalue weighted by molar-refractivity contribution is -0.133. The summed E-state index contributed by atoms with van der Waals surface area (Å²) in [6, 6.07) is 3.63. The van der Waals surface area contributed by atoms with E-state index in [0.717, 1.165) is 30.1 Å². The van der Waals surface area contributed by atoms with Crippen LogP contribution in [0.1, 0.15) is 96.0 Å². The fourth-order valence-electron chi connectivity index (χ4n) is 10.5. The lowest BCUT2D eigenvalue weighted by Crippen LogP contribution is -2.58. The maximum absolute atomic E-state index is 11.6. The first kappa shape index (κ1) is 22.1. The van der Waals surface area contributed by atoms with Crippen LogP contribution in [0.5, 0.6) is 0 Å². The van der Waals surface area contributed by atoms with E-state index in [0.29, 0.717) is 17.4 Å². The number of hydrogen-bond acceptors (Lipinski definition) is 4. The van der Waals surface area contributed by atoms with Crippen LogP contribution in [0.3, 0.4) is 0 Å². The number of epoxide rings is 1. The van der Waals surface area contributed by atoms with E-state index >= 15 is 0 Å². The molecule has 0 unspecified atom stereocenters. The van der Waals surface area contributed by atoms with Gasteiger partial charge in [-0.1, -0.05) is 13.8 Å². The molecule has 0 bridgehead atoms. The van der Waals surface area contributed by atoms with Crippen molar-refractivity contribution in [2.24, 2.45) is 34.5 Å². The van der Waals surface area contributed by atoms with Gasteiger partial charge in [0.2, 0.25) is 0 Å². The first-order valence-electron chi connectivity index (χ1n) is 14.4. The zero-order valence-corrected chi connectivity index (χ0v) is 21.3.